The second kappa shape index (κ2) is 6.24. The number of anilines is 1. The molecule has 0 N–H and O–H groups in total. The Labute approximate surface area is 141 Å². The first kappa shape index (κ1) is 15.1. The third kappa shape index (κ3) is 2.87. The Morgan fingerprint density at radius 2 is 2.25 bits per heavy atom. The minimum Gasteiger partial charge on any atom is -0.472 e. The number of carbonyl (C=O) groups is 1. The molecular weight excluding hydrogens is 304 g/mol. The van der Waals surface area contributed by atoms with Crippen molar-refractivity contribution in [3.63, 3.8) is 0 Å². The maximum Gasteiger partial charge on any atom is 0.258 e. The van der Waals surface area contributed by atoms with Crippen LogP contribution in [0.2, 0.25) is 0 Å². The van der Waals surface area contributed by atoms with Gasteiger partial charge in [0.05, 0.1) is 13.2 Å². The van der Waals surface area contributed by atoms with Crippen LogP contribution in [0.25, 0.3) is 0 Å². The van der Waals surface area contributed by atoms with Gasteiger partial charge in [0.1, 0.15) is 6.10 Å². The predicted octanol–water partition coefficient (Wildman–Crippen LogP) is 2.76. The SMILES string of the molecule is Cc1ccc2c(c1)N(C(=O)c1ccnc(O[C@H]3CCOC3)c1)CC2. The highest BCUT2D eigenvalue weighted by molar-refractivity contribution is 6.07. The van der Waals surface area contributed by atoms with Crippen LogP contribution < -0.4 is 9.64 Å². The molecule has 1 atom stereocenters. The van der Waals surface area contributed by atoms with Crippen LogP contribution in [-0.4, -0.2) is 36.8 Å². The van der Waals surface area contributed by atoms with E-state index in [0.29, 0.717) is 31.2 Å². The predicted molar refractivity (Wildman–Crippen MR) is 90.6 cm³/mol. The Kier molecular flexibility index (Phi) is 3.94. The molecule has 1 amide bonds. The Morgan fingerprint density at radius 1 is 1.33 bits per heavy atom. The zero-order chi connectivity index (χ0) is 16.5. The average Bonchev–Trinajstić information content (AvgIpc) is 3.23. The van der Waals surface area contributed by atoms with Crippen LogP contribution in [0.1, 0.15) is 27.9 Å². The van der Waals surface area contributed by atoms with Crippen molar-refractivity contribution in [2.45, 2.75) is 25.9 Å². The molecule has 1 saturated heterocycles. The molecule has 0 spiro atoms. The number of pyridine rings is 1. The van der Waals surface area contributed by atoms with E-state index in [2.05, 4.69) is 23.2 Å². The molecule has 0 unspecified atom stereocenters. The Balaban J connectivity index is 1.56. The summed E-state index contributed by atoms with van der Waals surface area (Å²) < 4.78 is 11.1. The summed E-state index contributed by atoms with van der Waals surface area (Å²) in [6.07, 6.45) is 3.41. The van der Waals surface area contributed by atoms with E-state index in [9.17, 15) is 4.79 Å². The summed E-state index contributed by atoms with van der Waals surface area (Å²) in [6, 6.07) is 9.76. The molecule has 0 radical (unpaired) electrons. The van der Waals surface area contributed by atoms with Crippen LogP contribution in [-0.2, 0) is 11.2 Å². The van der Waals surface area contributed by atoms with E-state index in [-0.39, 0.29) is 12.0 Å². The number of nitrogens with zero attached hydrogens (tertiary/aromatic N) is 2. The number of hydrogen-bond donors (Lipinski definition) is 0. The third-order valence-corrected chi connectivity index (χ3v) is 4.54. The maximum atomic E-state index is 12.9. The van der Waals surface area contributed by atoms with E-state index < -0.39 is 0 Å². The van der Waals surface area contributed by atoms with Crippen molar-refractivity contribution in [3.8, 4) is 5.88 Å². The number of fused-ring (bicyclic) bond motifs is 1. The lowest BCUT2D eigenvalue weighted by molar-refractivity contribution is 0.0987. The number of aryl methyl sites for hydroxylation is 1. The largest absolute Gasteiger partial charge is 0.472 e. The van der Waals surface area contributed by atoms with Crippen molar-refractivity contribution in [1.29, 1.82) is 0 Å². The van der Waals surface area contributed by atoms with Gasteiger partial charge in [0.15, 0.2) is 0 Å². The minimum absolute atomic E-state index is 0.00530. The standard InChI is InChI=1S/C19H20N2O3/c1-13-2-3-14-5-8-21(17(14)10-13)19(22)15-4-7-20-18(11-15)24-16-6-9-23-12-16/h2-4,7,10-11,16H,5-6,8-9,12H2,1H3/t16-/m0/s1. The van der Waals surface area contributed by atoms with Crippen LogP contribution in [0.15, 0.2) is 36.5 Å². The normalized spacial score (nSPS) is 19.4. The first-order valence-electron chi connectivity index (χ1n) is 8.32. The van der Waals surface area contributed by atoms with E-state index in [0.717, 1.165) is 24.1 Å². The summed E-state index contributed by atoms with van der Waals surface area (Å²) in [7, 11) is 0. The molecule has 2 aliphatic heterocycles. The van der Waals surface area contributed by atoms with E-state index in [4.69, 9.17) is 9.47 Å². The van der Waals surface area contributed by atoms with Crippen molar-refractivity contribution in [3.05, 3.63) is 53.2 Å². The topological polar surface area (TPSA) is 51.7 Å². The molecule has 1 aromatic heterocycles. The zero-order valence-electron chi connectivity index (χ0n) is 13.7. The monoisotopic (exact) mass is 324 g/mol. The fourth-order valence-corrected chi connectivity index (χ4v) is 3.24. The molecule has 124 valence electrons. The summed E-state index contributed by atoms with van der Waals surface area (Å²) in [6.45, 7) is 4.06. The van der Waals surface area contributed by atoms with Gasteiger partial charge in [-0.05, 0) is 36.6 Å². The Bertz CT molecular complexity index is 769. The van der Waals surface area contributed by atoms with Gasteiger partial charge < -0.3 is 14.4 Å². The van der Waals surface area contributed by atoms with Crippen molar-refractivity contribution in [2.75, 3.05) is 24.7 Å². The highest BCUT2D eigenvalue weighted by Gasteiger charge is 2.26. The van der Waals surface area contributed by atoms with Gasteiger partial charge in [-0.1, -0.05) is 12.1 Å². The molecule has 3 heterocycles. The van der Waals surface area contributed by atoms with Gasteiger partial charge in [0.25, 0.3) is 5.91 Å². The molecule has 0 aliphatic carbocycles. The van der Waals surface area contributed by atoms with Crippen molar-refractivity contribution < 1.29 is 14.3 Å². The molecular formula is C19H20N2O3. The van der Waals surface area contributed by atoms with Crippen LogP contribution in [0.5, 0.6) is 5.88 Å². The molecule has 1 fully saturated rings. The fraction of sp³-hybridized carbons (Fsp3) is 0.368. The highest BCUT2D eigenvalue weighted by atomic mass is 16.5. The first-order valence-corrected chi connectivity index (χ1v) is 8.32. The van der Waals surface area contributed by atoms with Crippen LogP contribution in [0.3, 0.4) is 0 Å². The lowest BCUT2D eigenvalue weighted by atomic mass is 10.1. The third-order valence-electron chi connectivity index (χ3n) is 4.54. The number of rotatable bonds is 3. The van der Waals surface area contributed by atoms with Gasteiger partial charge in [0, 0.05) is 36.5 Å². The lowest BCUT2D eigenvalue weighted by Gasteiger charge is -2.18. The average molecular weight is 324 g/mol. The van der Waals surface area contributed by atoms with Gasteiger partial charge in [-0.25, -0.2) is 4.98 Å². The van der Waals surface area contributed by atoms with E-state index >= 15 is 0 Å². The second-order valence-corrected chi connectivity index (χ2v) is 6.33. The molecule has 24 heavy (non-hydrogen) atoms. The quantitative estimate of drug-likeness (QED) is 0.871. The molecule has 1 aromatic carbocycles. The highest BCUT2D eigenvalue weighted by Crippen LogP contribution is 2.30. The van der Waals surface area contributed by atoms with E-state index in [1.807, 2.05) is 11.8 Å². The van der Waals surface area contributed by atoms with Crippen LogP contribution >= 0.6 is 0 Å². The summed E-state index contributed by atoms with van der Waals surface area (Å²) in [4.78, 5) is 19.0. The lowest BCUT2D eigenvalue weighted by Crippen LogP contribution is -2.29. The Hall–Kier alpha value is -2.40. The zero-order valence-corrected chi connectivity index (χ0v) is 13.7. The van der Waals surface area contributed by atoms with Gasteiger partial charge in [-0.3, -0.25) is 4.79 Å². The number of amides is 1. The van der Waals surface area contributed by atoms with Crippen molar-refractivity contribution in [2.24, 2.45) is 0 Å². The summed E-state index contributed by atoms with van der Waals surface area (Å²) in [5.74, 6) is 0.481. The minimum atomic E-state index is -0.00530. The van der Waals surface area contributed by atoms with Crippen LogP contribution in [0, 0.1) is 6.92 Å². The number of benzene rings is 1. The van der Waals surface area contributed by atoms with Gasteiger partial charge in [0.2, 0.25) is 5.88 Å². The number of aromatic nitrogens is 1. The fourth-order valence-electron chi connectivity index (χ4n) is 3.24. The second-order valence-electron chi connectivity index (χ2n) is 6.33. The molecule has 5 nitrogen and oxygen atoms in total. The molecule has 2 aliphatic rings. The van der Waals surface area contributed by atoms with E-state index in [1.54, 1.807) is 18.3 Å². The number of hydrogen-bond acceptors (Lipinski definition) is 4. The smallest absolute Gasteiger partial charge is 0.258 e. The van der Waals surface area contributed by atoms with Gasteiger partial charge >= 0.3 is 0 Å². The summed E-state index contributed by atoms with van der Waals surface area (Å²) in [5, 5.41) is 0. The van der Waals surface area contributed by atoms with Crippen molar-refractivity contribution in [1.82, 2.24) is 4.98 Å². The van der Waals surface area contributed by atoms with E-state index in [1.165, 1.54) is 5.56 Å². The van der Waals surface area contributed by atoms with Gasteiger partial charge in [-0.2, -0.15) is 0 Å². The summed E-state index contributed by atoms with van der Waals surface area (Å²) in [5.41, 5.74) is 4.01. The molecule has 0 bridgehead atoms. The molecule has 5 heteroatoms. The van der Waals surface area contributed by atoms with Crippen molar-refractivity contribution >= 4 is 11.6 Å². The first-order chi connectivity index (χ1) is 11.7. The molecule has 2 aromatic rings. The number of carbonyl (C=O) groups excluding carboxylic acids is 1. The summed E-state index contributed by atoms with van der Waals surface area (Å²) >= 11 is 0. The van der Waals surface area contributed by atoms with Crippen LogP contribution in [0.4, 0.5) is 5.69 Å². The maximum absolute atomic E-state index is 12.9. The molecule has 0 saturated carbocycles. The Morgan fingerprint density at radius 3 is 3.08 bits per heavy atom. The molecule has 4 rings (SSSR count). The van der Waals surface area contributed by atoms with Gasteiger partial charge in [-0.15, -0.1) is 0 Å². The number of ether oxygens (including phenoxy) is 2.